The second-order valence-electron chi connectivity index (χ2n) is 8.32. The third-order valence-electron chi connectivity index (χ3n) is 6.32. The van der Waals surface area contributed by atoms with Crippen molar-refractivity contribution in [2.24, 2.45) is 9.98 Å². The summed E-state index contributed by atoms with van der Waals surface area (Å²) in [6, 6.07) is 28.6. The first-order valence-corrected chi connectivity index (χ1v) is 12.6. The first-order chi connectivity index (χ1) is 15.9. The number of hydrogen-bond donors (Lipinski definition) is 0. The topological polar surface area (TPSA) is 34.0 Å². The second kappa shape index (κ2) is 8.21. The van der Waals surface area contributed by atoms with Crippen molar-refractivity contribution < 1.29 is 4.74 Å². The highest BCUT2D eigenvalue weighted by Crippen LogP contribution is 2.41. The Morgan fingerprint density at radius 1 is 0.875 bits per heavy atom. The molecule has 2 atom stereocenters. The molecule has 4 heteroatoms. The summed E-state index contributed by atoms with van der Waals surface area (Å²) in [5.41, 5.74) is 3.71. The molecule has 0 saturated carbocycles. The van der Waals surface area contributed by atoms with Crippen LogP contribution in [-0.4, -0.2) is 27.5 Å². The van der Waals surface area contributed by atoms with Crippen LogP contribution in [-0.2, 0) is 0 Å². The lowest BCUT2D eigenvalue weighted by Crippen LogP contribution is -2.44. The van der Waals surface area contributed by atoms with Crippen LogP contribution >= 0.6 is 0 Å². The van der Waals surface area contributed by atoms with Gasteiger partial charge < -0.3 is 4.74 Å². The van der Waals surface area contributed by atoms with Crippen molar-refractivity contribution >= 4 is 37.3 Å². The minimum atomic E-state index is -1.02. The molecule has 2 aliphatic heterocycles. The van der Waals surface area contributed by atoms with E-state index in [1.807, 2.05) is 6.21 Å². The summed E-state index contributed by atoms with van der Waals surface area (Å²) in [7, 11) is -1.02. The van der Waals surface area contributed by atoms with E-state index in [4.69, 9.17) is 4.74 Å². The van der Waals surface area contributed by atoms with E-state index in [0.29, 0.717) is 0 Å². The molecule has 1 radical (unpaired) electrons. The Bertz CT molecular complexity index is 1220. The highest BCUT2D eigenvalue weighted by atomic mass is 28.3. The van der Waals surface area contributed by atoms with Crippen molar-refractivity contribution in [3.8, 4) is 5.75 Å². The number of ether oxygens (including phenoxy) is 1. The van der Waals surface area contributed by atoms with E-state index in [9.17, 15) is 0 Å². The molecule has 0 N–H and O–H groups in total. The Labute approximate surface area is 190 Å². The molecule has 0 fully saturated rings. The molecule has 0 spiro atoms. The van der Waals surface area contributed by atoms with Crippen LogP contribution in [0.4, 0.5) is 0 Å². The zero-order valence-electron chi connectivity index (χ0n) is 17.7. The van der Waals surface area contributed by atoms with Crippen molar-refractivity contribution in [3.05, 3.63) is 107 Å². The molecule has 6 rings (SSSR count). The molecule has 0 saturated heterocycles. The number of hydrogen-bond acceptors (Lipinski definition) is 3. The van der Waals surface area contributed by atoms with Crippen LogP contribution in [0.25, 0.3) is 5.57 Å². The zero-order chi connectivity index (χ0) is 21.3. The van der Waals surface area contributed by atoms with Crippen LogP contribution in [0.3, 0.4) is 0 Å². The normalized spacial score (nSPS) is 20.9. The van der Waals surface area contributed by atoms with Gasteiger partial charge >= 0.3 is 0 Å². The standard InChI is InChI=1S/C28H23N2OSi/c1-3-9-22(10-4-1)32(23-11-5-2-6-12-23)24-13-7-8-20(16-24)21-14-15-26-25(17-21)28-27(31-26)18-29-19-30-28/h1-6,8-12,14-19,27-28H,7,13H2/t27-,28?/m0/s1. The van der Waals surface area contributed by atoms with E-state index in [-0.39, 0.29) is 12.1 Å². The van der Waals surface area contributed by atoms with Gasteiger partial charge in [0.2, 0.25) is 0 Å². The summed E-state index contributed by atoms with van der Waals surface area (Å²) < 4.78 is 6.04. The predicted molar refractivity (Wildman–Crippen MR) is 134 cm³/mol. The first kappa shape index (κ1) is 19.2. The highest BCUT2D eigenvalue weighted by molar-refractivity contribution is 6.91. The van der Waals surface area contributed by atoms with E-state index in [1.54, 1.807) is 11.5 Å². The fraction of sp³-hybridized carbons (Fsp3) is 0.143. The van der Waals surface area contributed by atoms with Gasteiger partial charge in [-0.2, -0.15) is 0 Å². The van der Waals surface area contributed by atoms with Gasteiger partial charge in [0.15, 0.2) is 6.10 Å². The lowest BCUT2D eigenvalue weighted by molar-refractivity contribution is 0.280. The Morgan fingerprint density at radius 3 is 2.38 bits per heavy atom. The van der Waals surface area contributed by atoms with Gasteiger partial charge in [-0.3, -0.25) is 4.99 Å². The number of fused-ring (bicyclic) bond motifs is 3. The SMILES string of the molecule is C1=NC=NC2c3cc(C4=CCCC([Si](c5ccccc5)c5ccccc5)=C4)ccc3O[C@@H]12. The molecule has 0 aromatic heterocycles. The molecular weight excluding hydrogens is 408 g/mol. The minimum absolute atomic E-state index is 0.0170. The number of aliphatic imine (C=N–C) groups is 2. The average molecular weight is 432 g/mol. The molecule has 3 aliphatic rings. The number of allylic oxidation sites excluding steroid dienone is 4. The summed E-state index contributed by atoms with van der Waals surface area (Å²) in [5, 5.41) is 4.44. The van der Waals surface area contributed by atoms with Crippen molar-refractivity contribution in [1.82, 2.24) is 0 Å². The van der Waals surface area contributed by atoms with Crippen LogP contribution in [0.15, 0.2) is 106 Å². The lowest BCUT2D eigenvalue weighted by Gasteiger charge is -2.23. The first-order valence-electron chi connectivity index (χ1n) is 11.1. The second-order valence-corrected chi connectivity index (χ2v) is 10.9. The predicted octanol–water partition coefficient (Wildman–Crippen LogP) is 4.55. The summed E-state index contributed by atoms with van der Waals surface area (Å²) >= 11 is 0. The van der Waals surface area contributed by atoms with Crippen LogP contribution in [0, 0.1) is 0 Å². The maximum absolute atomic E-state index is 6.04. The van der Waals surface area contributed by atoms with Gasteiger partial charge in [0.1, 0.15) is 26.9 Å². The van der Waals surface area contributed by atoms with Crippen molar-refractivity contribution in [1.29, 1.82) is 0 Å². The summed E-state index contributed by atoms with van der Waals surface area (Å²) in [6.07, 6.45) is 10.4. The molecule has 2 heterocycles. The van der Waals surface area contributed by atoms with Crippen LogP contribution in [0.1, 0.15) is 30.0 Å². The Hall–Kier alpha value is -3.50. The fourth-order valence-corrected chi connectivity index (χ4v) is 7.63. The van der Waals surface area contributed by atoms with E-state index < -0.39 is 8.80 Å². The quantitative estimate of drug-likeness (QED) is 0.558. The molecule has 0 amide bonds. The van der Waals surface area contributed by atoms with E-state index in [2.05, 4.69) is 101 Å². The minimum Gasteiger partial charge on any atom is -0.482 e. The molecule has 155 valence electrons. The zero-order valence-corrected chi connectivity index (χ0v) is 18.7. The molecule has 3 aromatic rings. The van der Waals surface area contributed by atoms with Gasteiger partial charge in [0.25, 0.3) is 0 Å². The molecule has 1 aliphatic carbocycles. The molecule has 3 aromatic carbocycles. The highest BCUT2D eigenvalue weighted by Gasteiger charge is 2.34. The van der Waals surface area contributed by atoms with Crippen molar-refractivity contribution in [3.63, 3.8) is 0 Å². The smallest absolute Gasteiger partial charge is 0.160 e. The summed E-state index contributed by atoms with van der Waals surface area (Å²) in [6.45, 7) is 0. The summed E-state index contributed by atoms with van der Waals surface area (Å²) in [4.78, 5) is 8.71. The summed E-state index contributed by atoms with van der Waals surface area (Å²) in [5.74, 6) is 0.924. The Balaban J connectivity index is 1.38. The number of benzene rings is 3. The number of nitrogens with zero attached hydrogens (tertiary/aromatic N) is 2. The maximum Gasteiger partial charge on any atom is 0.160 e. The van der Waals surface area contributed by atoms with Gasteiger partial charge in [-0.25, -0.2) is 4.99 Å². The van der Waals surface area contributed by atoms with Crippen molar-refractivity contribution in [2.45, 2.75) is 25.0 Å². The average Bonchev–Trinajstić information content (AvgIpc) is 3.24. The molecular formula is C28H23N2OSi. The van der Waals surface area contributed by atoms with Crippen LogP contribution < -0.4 is 15.1 Å². The maximum atomic E-state index is 6.04. The molecule has 1 unspecified atom stereocenters. The Kier molecular flexibility index (Phi) is 4.93. The van der Waals surface area contributed by atoms with Gasteiger partial charge in [-0.1, -0.05) is 94.5 Å². The third kappa shape index (κ3) is 3.47. The Morgan fingerprint density at radius 2 is 1.62 bits per heavy atom. The van der Waals surface area contributed by atoms with Gasteiger partial charge in [0, 0.05) is 11.8 Å². The van der Waals surface area contributed by atoms with E-state index >= 15 is 0 Å². The van der Waals surface area contributed by atoms with E-state index in [0.717, 1.165) is 24.2 Å². The van der Waals surface area contributed by atoms with Crippen molar-refractivity contribution in [2.75, 3.05) is 0 Å². The fourth-order valence-electron chi connectivity index (χ4n) is 4.81. The van der Waals surface area contributed by atoms with Crippen LogP contribution in [0.5, 0.6) is 5.75 Å². The number of rotatable bonds is 4. The molecule has 0 bridgehead atoms. The van der Waals surface area contributed by atoms with Gasteiger partial charge in [0.05, 0.1) is 0 Å². The third-order valence-corrected chi connectivity index (χ3v) is 9.17. The van der Waals surface area contributed by atoms with Gasteiger partial charge in [-0.15, -0.1) is 0 Å². The van der Waals surface area contributed by atoms with Crippen LogP contribution in [0.2, 0.25) is 0 Å². The van der Waals surface area contributed by atoms with E-state index in [1.165, 1.54) is 21.5 Å². The molecule has 3 nitrogen and oxygen atoms in total. The van der Waals surface area contributed by atoms with Gasteiger partial charge in [-0.05, 0) is 36.1 Å². The lowest BCUT2D eigenvalue weighted by atomic mass is 9.95. The largest absolute Gasteiger partial charge is 0.482 e. The monoisotopic (exact) mass is 431 g/mol. The molecule has 32 heavy (non-hydrogen) atoms.